The predicted molar refractivity (Wildman–Crippen MR) is 54.6 cm³/mol. The summed E-state index contributed by atoms with van der Waals surface area (Å²) < 4.78 is 12.5. The first-order valence-corrected chi connectivity index (χ1v) is 4.44. The third-order valence-corrected chi connectivity index (χ3v) is 1.82. The van der Waals surface area contributed by atoms with Crippen LogP contribution in [0.5, 0.6) is 0 Å². The van der Waals surface area contributed by atoms with Gasteiger partial charge in [-0.3, -0.25) is 0 Å². The van der Waals surface area contributed by atoms with Crippen LogP contribution in [0.4, 0.5) is 4.39 Å². The lowest BCUT2D eigenvalue weighted by Gasteiger charge is -2.03. The summed E-state index contributed by atoms with van der Waals surface area (Å²) in [5, 5.41) is 2.33. The highest BCUT2D eigenvalue weighted by atomic mass is 32.1. The van der Waals surface area contributed by atoms with Gasteiger partial charge in [-0.1, -0.05) is 12.1 Å². The molecule has 1 aromatic carbocycles. The molecule has 0 saturated heterocycles. The summed E-state index contributed by atoms with van der Waals surface area (Å²) in [4.78, 5) is 3.91. The van der Waals surface area contributed by atoms with E-state index >= 15 is 0 Å². The number of benzene rings is 1. The van der Waals surface area contributed by atoms with E-state index in [0.29, 0.717) is 0 Å². The molecule has 0 saturated carbocycles. The van der Waals surface area contributed by atoms with Crippen LogP contribution in [0.25, 0.3) is 0 Å². The predicted octanol–water partition coefficient (Wildman–Crippen LogP) is 2.86. The number of thiocarbonyl (C=S) groups is 1. The fraction of sp³-hybridized carbons (Fsp3) is 0.300. The lowest BCUT2D eigenvalue weighted by molar-refractivity contribution is 0.626. The molecular weight excluding hydrogens is 185 g/mol. The molecule has 0 bridgehead atoms. The zero-order valence-electron chi connectivity index (χ0n) is 7.33. The zero-order valence-corrected chi connectivity index (χ0v) is 8.14. The van der Waals surface area contributed by atoms with Gasteiger partial charge in [-0.05, 0) is 43.3 Å². The number of isothiocyanates is 1. The largest absolute Gasteiger partial charge is 0.229 e. The normalized spacial score (nSPS) is 11.8. The Balaban J connectivity index is 2.64. The van der Waals surface area contributed by atoms with Crippen molar-refractivity contribution in [1.29, 1.82) is 0 Å². The minimum atomic E-state index is -0.213. The Bertz CT molecular complexity index is 314. The molecule has 0 aliphatic carbocycles. The van der Waals surface area contributed by atoms with Crippen molar-refractivity contribution < 1.29 is 4.39 Å². The monoisotopic (exact) mass is 195 g/mol. The summed E-state index contributed by atoms with van der Waals surface area (Å²) in [7, 11) is 0. The summed E-state index contributed by atoms with van der Waals surface area (Å²) in [5.41, 5.74) is 1.06. The first kappa shape index (κ1) is 10.0. The van der Waals surface area contributed by atoms with Crippen molar-refractivity contribution in [3.63, 3.8) is 0 Å². The van der Waals surface area contributed by atoms with E-state index in [1.165, 1.54) is 12.1 Å². The Hall–Kier alpha value is -1.05. The molecule has 13 heavy (non-hydrogen) atoms. The molecule has 0 fully saturated rings. The van der Waals surface area contributed by atoms with Gasteiger partial charge in [0.25, 0.3) is 0 Å². The minimum absolute atomic E-state index is 0.114. The van der Waals surface area contributed by atoms with E-state index in [4.69, 9.17) is 0 Å². The van der Waals surface area contributed by atoms with Gasteiger partial charge in [-0.2, -0.15) is 0 Å². The van der Waals surface area contributed by atoms with Crippen molar-refractivity contribution in [2.75, 3.05) is 0 Å². The molecule has 0 aliphatic heterocycles. The Labute approximate surface area is 82.3 Å². The van der Waals surface area contributed by atoms with Crippen LogP contribution in [0, 0.1) is 5.82 Å². The maximum absolute atomic E-state index is 12.5. The highest BCUT2D eigenvalue weighted by Crippen LogP contribution is 2.06. The molecular formula is C10H10FNS. The number of hydrogen-bond acceptors (Lipinski definition) is 2. The van der Waals surface area contributed by atoms with Crippen molar-refractivity contribution in [1.82, 2.24) is 0 Å². The lowest BCUT2D eigenvalue weighted by atomic mass is 10.1. The van der Waals surface area contributed by atoms with Crippen molar-refractivity contribution in [2.45, 2.75) is 19.4 Å². The van der Waals surface area contributed by atoms with Crippen LogP contribution in [0.2, 0.25) is 0 Å². The van der Waals surface area contributed by atoms with Crippen molar-refractivity contribution in [3.05, 3.63) is 35.6 Å². The Morgan fingerprint density at radius 1 is 1.46 bits per heavy atom. The molecule has 68 valence electrons. The zero-order chi connectivity index (χ0) is 9.68. The summed E-state index contributed by atoms with van der Waals surface area (Å²) >= 11 is 4.49. The van der Waals surface area contributed by atoms with Gasteiger partial charge in [0.1, 0.15) is 5.82 Å². The molecule has 1 aromatic rings. The maximum atomic E-state index is 12.5. The number of hydrogen-bond donors (Lipinski definition) is 0. The third kappa shape index (κ3) is 3.45. The van der Waals surface area contributed by atoms with E-state index in [1.54, 1.807) is 12.1 Å². The van der Waals surface area contributed by atoms with Gasteiger partial charge >= 0.3 is 0 Å². The molecule has 1 nitrogen and oxygen atoms in total. The first-order valence-electron chi connectivity index (χ1n) is 4.04. The number of nitrogens with zero attached hydrogens (tertiary/aromatic N) is 1. The van der Waals surface area contributed by atoms with Crippen LogP contribution in [-0.4, -0.2) is 11.2 Å². The summed E-state index contributed by atoms with van der Waals surface area (Å²) in [6, 6.07) is 6.52. The smallest absolute Gasteiger partial charge is 0.123 e. The van der Waals surface area contributed by atoms with Gasteiger partial charge in [-0.15, -0.1) is 0 Å². The van der Waals surface area contributed by atoms with Gasteiger partial charge in [0.15, 0.2) is 0 Å². The van der Waals surface area contributed by atoms with Crippen LogP contribution < -0.4 is 0 Å². The molecule has 0 amide bonds. The molecule has 3 heteroatoms. The van der Waals surface area contributed by atoms with Crippen LogP contribution in [-0.2, 0) is 6.42 Å². The summed E-state index contributed by atoms with van der Waals surface area (Å²) in [6.45, 7) is 1.95. The van der Waals surface area contributed by atoms with E-state index in [9.17, 15) is 4.39 Å². The average Bonchev–Trinajstić information content (AvgIpc) is 2.09. The number of halogens is 1. The van der Waals surface area contributed by atoms with Crippen molar-refractivity contribution >= 4 is 17.4 Å². The highest BCUT2D eigenvalue weighted by molar-refractivity contribution is 7.78. The van der Waals surface area contributed by atoms with E-state index in [0.717, 1.165) is 12.0 Å². The fourth-order valence-corrected chi connectivity index (χ4v) is 1.28. The van der Waals surface area contributed by atoms with Gasteiger partial charge in [-0.25, -0.2) is 9.38 Å². The van der Waals surface area contributed by atoms with E-state index in [1.807, 2.05) is 6.92 Å². The second-order valence-electron chi connectivity index (χ2n) is 2.90. The molecule has 0 spiro atoms. The molecule has 0 radical (unpaired) electrons. The van der Waals surface area contributed by atoms with Crippen LogP contribution in [0.3, 0.4) is 0 Å². The Morgan fingerprint density at radius 2 is 2.08 bits per heavy atom. The molecule has 1 atom stereocenters. The lowest BCUT2D eigenvalue weighted by Crippen LogP contribution is -2.01. The van der Waals surface area contributed by atoms with E-state index in [2.05, 4.69) is 22.4 Å². The quantitative estimate of drug-likeness (QED) is 0.533. The second-order valence-corrected chi connectivity index (χ2v) is 3.08. The van der Waals surface area contributed by atoms with Gasteiger partial charge in [0.2, 0.25) is 0 Å². The van der Waals surface area contributed by atoms with Gasteiger partial charge in [0, 0.05) is 0 Å². The van der Waals surface area contributed by atoms with Crippen molar-refractivity contribution in [2.24, 2.45) is 4.99 Å². The molecule has 0 N–H and O–H groups in total. The Morgan fingerprint density at radius 3 is 2.62 bits per heavy atom. The molecule has 0 heterocycles. The number of rotatable bonds is 3. The number of aliphatic imine (C=N–C) groups is 1. The van der Waals surface area contributed by atoms with Gasteiger partial charge < -0.3 is 0 Å². The maximum Gasteiger partial charge on any atom is 0.123 e. The summed E-state index contributed by atoms with van der Waals surface area (Å²) in [5.74, 6) is -0.213. The van der Waals surface area contributed by atoms with E-state index < -0.39 is 0 Å². The SMILES string of the molecule is CC(Cc1ccc(F)cc1)N=C=S. The van der Waals surface area contributed by atoms with Gasteiger partial charge in [0.05, 0.1) is 11.2 Å². The highest BCUT2D eigenvalue weighted by Gasteiger charge is 2.00. The Kier molecular flexibility index (Phi) is 3.74. The summed E-state index contributed by atoms with van der Waals surface area (Å²) in [6.07, 6.45) is 0.768. The molecule has 0 aromatic heterocycles. The second kappa shape index (κ2) is 4.85. The first-order chi connectivity index (χ1) is 6.22. The van der Waals surface area contributed by atoms with Crippen LogP contribution in [0.1, 0.15) is 12.5 Å². The van der Waals surface area contributed by atoms with E-state index in [-0.39, 0.29) is 11.9 Å². The molecule has 0 aliphatic rings. The average molecular weight is 195 g/mol. The molecule has 1 unspecified atom stereocenters. The van der Waals surface area contributed by atoms with Crippen molar-refractivity contribution in [3.8, 4) is 0 Å². The standard InChI is InChI=1S/C10H10FNS/c1-8(12-7-13)6-9-2-4-10(11)5-3-9/h2-5,8H,6H2,1H3. The van der Waals surface area contributed by atoms with Crippen LogP contribution >= 0.6 is 12.2 Å². The topological polar surface area (TPSA) is 12.4 Å². The van der Waals surface area contributed by atoms with Crippen LogP contribution in [0.15, 0.2) is 29.3 Å². The fourth-order valence-electron chi connectivity index (χ4n) is 1.10. The minimum Gasteiger partial charge on any atom is -0.229 e. The molecule has 1 rings (SSSR count). The third-order valence-electron chi connectivity index (χ3n) is 1.72.